The maximum atomic E-state index is 10.8. The zero-order chi connectivity index (χ0) is 16.4. The minimum Gasteiger partial charge on any atom is -0.383 e. The third-order valence-electron chi connectivity index (χ3n) is 3.91. The summed E-state index contributed by atoms with van der Waals surface area (Å²) in [7, 11) is 4.07. The monoisotopic (exact) mass is 333 g/mol. The van der Waals surface area contributed by atoms with Crippen LogP contribution in [0.3, 0.4) is 0 Å². The lowest BCUT2D eigenvalue weighted by molar-refractivity contribution is -0.0420. The molecule has 0 aliphatic carbocycles. The molecule has 2 aromatic rings. The summed E-state index contributed by atoms with van der Waals surface area (Å²) in [6.07, 6.45) is -0.783. The fourth-order valence-corrected chi connectivity index (χ4v) is 3.85. The van der Waals surface area contributed by atoms with Crippen LogP contribution in [0.4, 0.5) is 0 Å². The first kappa shape index (κ1) is 16.6. The van der Waals surface area contributed by atoms with E-state index in [1.54, 1.807) is 11.3 Å². The van der Waals surface area contributed by atoms with E-state index in [0.717, 1.165) is 27.4 Å². The third kappa shape index (κ3) is 3.82. The van der Waals surface area contributed by atoms with Gasteiger partial charge in [0.2, 0.25) is 0 Å². The SMILES string of the molecule is CC1OCC(c2ccc(C(O)c3ccccc3CN(C)C)s2)O1. The number of rotatable bonds is 5. The summed E-state index contributed by atoms with van der Waals surface area (Å²) in [5.41, 5.74) is 2.11. The lowest BCUT2D eigenvalue weighted by atomic mass is 10.0. The van der Waals surface area contributed by atoms with Gasteiger partial charge in [-0.1, -0.05) is 24.3 Å². The molecule has 1 aromatic carbocycles. The average molecular weight is 333 g/mol. The lowest BCUT2D eigenvalue weighted by Crippen LogP contribution is -2.13. The molecule has 4 nitrogen and oxygen atoms in total. The normalized spacial score (nSPS) is 22.7. The molecular formula is C18H23NO3S. The highest BCUT2D eigenvalue weighted by atomic mass is 32.1. The highest BCUT2D eigenvalue weighted by molar-refractivity contribution is 7.12. The van der Waals surface area contributed by atoms with Gasteiger partial charge >= 0.3 is 0 Å². The maximum absolute atomic E-state index is 10.8. The molecule has 0 amide bonds. The number of hydrogen-bond donors (Lipinski definition) is 1. The van der Waals surface area contributed by atoms with E-state index in [9.17, 15) is 5.11 Å². The van der Waals surface area contributed by atoms with E-state index >= 15 is 0 Å². The van der Waals surface area contributed by atoms with Crippen molar-refractivity contribution in [2.24, 2.45) is 0 Å². The second kappa shape index (κ2) is 7.11. The highest BCUT2D eigenvalue weighted by Crippen LogP contribution is 2.36. The average Bonchev–Trinajstić information content (AvgIpc) is 3.15. The largest absolute Gasteiger partial charge is 0.383 e. The Morgan fingerprint density at radius 1 is 1.26 bits per heavy atom. The molecule has 2 heterocycles. The van der Waals surface area contributed by atoms with Crippen LogP contribution in [0.15, 0.2) is 36.4 Å². The number of thiophene rings is 1. The number of aliphatic hydroxyl groups is 1. The molecule has 3 atom stereocenters. The quantitative estimate of drug-likeness (QED) is 0.911. The predicted octanol–water partition coefficient (Wildman–Crippen LogP) is 3.33. The van der Waals surface area contributed by atoms with Crippen molar-refractivity contribution in [1.29, 1.82) is 0 Å². The lowest BCUT2D eigenvalue weighted by Gasteiger charge is -2.17. The van der Waals surface area contributed by atoms with E-state index in [0.29, 0.717) is 6.61 Å². The number of hydrogen-bond acceptors (Lipinski definition) is 5. The Balaban J connectivity index is 1.81. The zero-order valence-electron chi connectivity index (χ0n) is 13.7. The van der Waals surface area contributed by atoms with E-state index < -0.39 is 6.10 Å². The van der Waals surface area contributed by atoms with Crippen LogP contribution >= 0.6 is 11.3 Å². The Morgan fingerprint density at radius 3 is 2.74 bits per heavy atom. The molecular weight excluding hydrogens is 310 g/mol. The maximum Gasteiger partial charge on any atom is 0.155 e. The summed E-state index contributed by atoms with van der Waals surface area (Å²) >= 11 is 1.59. The molecule has 3 unspecified atom stereocenters. The molecule has 3 rings (SSSR count). The Kier molecular flexibility index (Phi) is 5.14. The van der Waals surface area contributed by atoms with Crippen LogP contribution < -0.4 is 0 Å². The number of benzene rings is 1. The Morgan fingerprint density at radius 2 is 2.04 bits per heavy atom. The first-order valence-corrected chi connectivity index (χ1v) is 8.63. The Hall–Kier alpha value is -1.24. The molecule has 0 bridgehead atoms. The molecule has 1 aliphatic heterocycles. The van der Waals surface area contributed by atoms with Crippen LogP contribution in [0.5, 0.6) is 0 Å². The van der Waals surface area contributed by atoms with Crippen molar-refractivity contribution >= 4 is 11.3 Å². The van der Waals surface area contributed by atoms with Gasteiger partial charge in [0.05, 0.1) is 6.61 Å². The number of ether oxygens (including phenoxy) is 2. The predicted molar refractivity (Wildman–Crippen MR) is 91.5 cm³/mol. The summed E-state index contributed by atoms with van der Waals surface area (Å²) in [5, 5.41) is 10.8. The van der Waals surface area contributed by atoms with Gasteiger partial charge in [0.1, 0.15) is 12.2 Å². The van der Waals surface area contributed by atoms with Gasteiger partial charge in [-0.05, 0) is 44.3 Å². The van der Waals surface area contributed by atoms with Crippen LogP contribution in [0.2, 0.25) is 0 Å². The summed E-state index contributed by atoms with van der Waals surface area (Å²) < 4.78 is 11.2. The molecule has 1 aromatic heterocycles. The minimum absolute atomic E-state index is 0.0204. The molecule has 1 fully saturated rings. The number of nitrogens with zero attached hydrogens (tertiary/aromatic N) is 1. The van der Waals surface area contributed by atoms with E-state index in [-0.39, 0.29) is 12.4 Å². The standard InChI is InChI=1S/C18H23NO3S/c1-12-21-11-15(22-12)16-8-9-17(23-16)18(20)14-7-5-4-6-13(14)10-19(2)3/h4-9,12,15,18,20H,10-11H2,1-3H3. The van der Waals surface area contributed by atoms with Gasteiger partial charge < -0.3 is 19.5 Å². The van der Waals surface area contributed by atoms with Crippen molar-refractivity contribution in [3.63, 3.8) is 0 Å². The topological polar surface area (TPSA) is 41.9 Å². The zero-order valence-corrected chi connectivity index (χ0v) is 14.5. The van der Waals surface area contributed by atoms with E-state index in [2.05, 4.69) is 11.0 Å². The molecule has 124 valence electrons. The second-order valence-corrected chi connectivity index (χ2v) is 7.25. The molecule has 1 N–H and O–H groups in total. The number of aliphatic hydroxyl groups excluding tert-OH is 1. The van der Waals surface area contributed by atoms with Crippen molar-refractivity contribution in [3.8, 4) is 0 Å². The molecule has 23 heavy (non-hydrogen) atoms. The summed E-state index contributed by atoms with van der Waals surface area (Å²) in [4.78, 5) is 4.15. The van der Waals surface area contributed by atoms with Crippen LogP contribution in [-0.4, -0.2) is 37.0 Å². The van der Waals surface area contributed by atoms with Crippen molar-refractivity contribution in [3.05, 3.63) is 57.3 Å². The fourth-order valence-electron chi connectivity index (χ4n) is 2.81. The molecule has 1 aliphatic rings. The van der Waals surface area contributed by atoms with E-state index in [1.165, 1.54) is 0 Å². The van der Waals surface area contributed by atoms with Crippen molar-refractivity contribution in [1.82, 2.24) is 4.90 Å². The van der Waals surface area contributed by atoms with E-state index in [1.807, 2.05) is 51.4 Å². The Labute approximate surface area is 141 Å². The Bertz CT molecular complexity index is 655. The van der Waals surface area contributed by atoms with Gasteiger partial charge in [-0.25, -0.2) is 0 Å². The molecule has 0 spiro atoms. The third-order valence-corrected chi connectivity index (χ3v) is 5.14. The summed E-state index contributed by atoms with van der Waals surface area (Å²) in [5.74, 6) is 0. The molecule has 0 saturated carbocycles. The van der Waals surface area contributed by atoms with Crippen LogP contribution in [0.1, 0.15) is 40.0 Å². The smallest absolute Gasteiger partial charge is 0.155 e. The van der Waals surface area contributed by atoms with Gasteiger partial charge in [-0.2, -0.15) is 0 Å². The summed E-state index contributed by atoms with van der Waals surface area (Å²) in [6.45, 7) is 3.29. The van der Waals surface area contributed by atoms with Crippen molar-refractivity contribution in [2.75, 3.05) is 20.7 Å². The van der Waals surface area contributed by atoms with Gasteiger partial charge in [-0.3, -0.25) is 0 Å². The molecule has 5 heteroatoms. The first-order chi connectivity index (χ1) is 11.0. The van der Waals surface area contributed by atoms with Gasteiger partial charge in [0, 0.05) is 16.3 Å². The van der Waals surface area contributed by atoms with Gasteiger partial charge in [0.25, 0.3) is 0 Å². The highest BCUT2D eigenvalue weighted by Gasteiger charge is 2.26. The summed E-state index contributed by atoms with van der Waals surface area (Å²) in [6, 6.07) is 12.1. The van der Waals surface area contributed by atoms with Gasteiger partial charge in [-0.15, -0.1) is 11.3 Å². The van der Waals surface area contributed by atoms with Crippen molar-refractivity contribution in [2.45, 2.75) is 32.0 Å². The molecule has 1 saturated heterocycles. The van der Waals surface area contributed by atoms with Crippen LogP contribution in [0, 0.1) is 0 Å². The van der Waals surface area contributed by atoms with Crippen molar-refractivity contribution < 1.29 is 14.6 Å². The van der Waals surface area contributed by atoms with Crippen LogP contribution in [0.25, 0.3) is 0 Å². The minimum atomic E-state index is -0.607. The van der Waals surface area contributed by atoms with Crippen LogP contribution in [-0.2, 0) is 16.0 Å². The fraction of sp³-hybridized carbons (Fsp3) is 0.444. The molecule has 0 radical (unpaired) electrons. The van der Waals surface area contributed by atoms with Gasteiger partial charge in [0.15, 0.2) is 6.29 Å². The van der Waals surface area contributed by atoms with E-state index in [4.69, 9.17) is 9.47 Å². The second-order valence-electron chi connectivity index (χ2n) is 6.10. The first-order valence-electron chi connectivity index (χ1n) is 7.82.